The van der Waals surface area contributed by atoms with E-state index in [4.69, 9.17) is 16.3 Å². The topological polar surface area (TPSA) is 52.8 Å². The number of aromatic nitrogens is 4. The van der Waals surface area contributed by atoms with Gasteiger partial charge in [-0.25, -0.2) is 9.97 Å². The molecule has 0 saturated carbocycles. The van der Waals surface area contributed by atoms with Gasteiger partial charge >= 0.3 is 0 Å². The summed E-state index contributed by atoms with van der Waals surface area (Å²) in [5.41, 5.74) is 0. The lowest BCUT2D eigenvalue weighted by atomic mass is 10.6. The fourth-order valence-corrected chi connectivity index (χ4v) is 1.38. The predicted octanol–water partition coefficient (Wildman–Crippen LogP) is 2.42. The first kappa shape index (κ1) is 10.4. The van der Waals surface area contributed by atoms with Gasteiger partial charge in [-0.3, -0.25) is 4.68 Å². The van der Waals surface area contributed by atoms with Gasteiger partial charge in [0, 0.05) is 7.05 Å². The highest BCUT2D eigenvalue weighted by molar-refractivity contribution is 9.10. The van der Waals surface area contributed by atoms with Crippen molar-refractivity contribution in [3.05, 3.63) is 28.3 Å². The lowest BCUT2D eigenvalue weighted by Crippen LogP contribution is -1.90. The van der Waals surface area contributed by atoms with Crippen molar-refractivity contribution in [3.8, 4) is 11.6 Å². The maximum absolute atomic E-state index is 5.79. The van der Waals surface area contributed by atoms with Crippen molar-refractivity contribution in [2.45, 2.75) is 0 Å². The summed E-state index contributed by atoms with van der Waals surface area (Å²) in [5, 5.41) is 4.27. The van der Waals surface area contributed by atoms with Crippen molar-refractivity contribution in [1.29, 1.82) is 0 Å². The van der Waals surface area contributed by atoms with Crippen molar-refractivity contribution in [2.75, 3.05) is 0 Å². The van der Waals surface area contributed by atoms with Crippen LogP contribution in [0.25, 0.3) is 0 Å². The van der Waals surface area contributed by atoms with Crippen LogP contribution in [-0.4, -0.2) is 19.7 Å². The molecule has 0 radical (unpaired) electrons. The number of hydrogen-bond acceptors (Lipinski definition) is 4. The summed E-state index contributed by atoms with van der Waals surface area (Å²) in [5.74, 6) is 0.955. The van der Waals surface area contributed by atoms with E-state index in [0.29, 0.717) is 21.3 Å². The maximum Gasteiger partial charge on any atom is 0.238 e. The highest BCUT2D eigenvalue weighted by Gasteiger charge is 2.09. The van der Waals surface area contributed by atoms with Crippen molar-refractivity contribution in [2.24, 2.45) is 7.05 Å². The third kappa shape index (κ3) is 2.27. The largest absolute Gasteiger partial charge is 0.434 e. The van der Waals surface area contributed by atoms with Crippen LogP contribution in [0.4, 0.5) is 0 Å². The Morgan fingerprint density at radius 2 is 2.27 bits per heavy atom. The fourth-order valence-electron chi connectivity index (χ4n) is 0.968. The van der Waals surface area contributed by atoms with Gasteiger partial charge in [0.15, 0.2) is 10.9 Å². The summed E-state index contributed by atoms with van der Waals surface area (Å²) < 4.78 is 7.60. The number of aryl methyl sites for hydroxylation is 1. The zero-order valence-electron chi connectivity index (χ0n) is 7.69. The number of rotatable bonds is 2. The average Bonchev–Trinajstić information content (AvgIpc) is 2.59. The molecule has 2 aromatic rings. The summed E-state index contributed by atoms with van der Waals surface area (Å²) in [6, 6.07) is 0. The molecule has 2 rings (SSSR count). The lowest BCUT2D eigenvalue weighted by molar-refractivity contribution is 0.457. The SMILES string of the molecule is Cn1cc(Oc2ncnc(Cl)c2Br)cn1. The molecule has 0 fully saturated rings. The summed E-state index contributed by atoms with van der Waals surface area (Å²) in [6.07, 6.45) is 4.64. The Kier molecular flexibility index (Phi) is 2.88. The Morgan fingerprint density at radius 1 is 1.47 bits per heavy atom. The van der Waals surface area contributed by atoms with Crippen molar-refractivity contribution < 1.29 is 4.74 Å². The molecule has 5 nitrogen and oxygen atoms in total. The van der Waals surface area contributed by atoms with Gasteiger partial charge in [0.05, 0.1) is 12.4 Å². The van der Waals surface area contributed by atoms with Gasteiger partial charge in [0.25, 0.3) is 0 Å². The summed E-state index contributed by atoms with van der Waals surface area (Å²) in [6.45, 7) is 0. The molecular weight excluding hydrogens is 283 g/mol. The van der Waals surface area contributed by atoms with Gasteiger partial charge in [-0.1, -0.05) is 11.6 Å². The highest BCUT2D eigenvalue weighted by atomic mass is 79.9. The van der Waals surface area contributed by atoms with E-state index in [1.54, 1.807) is 24.1 Å². The third-order valence-corrected chi connectivity index (χ3v) is 2.84. The van der Waals surface area contributed by atoms with Crippen LogP contribution in [0.5, 0.6) is 11.6 Å². The molecule has 0 aromatic carbocycles. The number of ether oxygens (including phenoxy) is 1. The zero-order valence-corrected chi connectivity index (χ0v) is 10.0. The van der Waals surface area contributed by atoms with Gasteiger partial charge in [0.2, 0.25) is 5.88 Å². The van der Waals surface area contributed by atoms with E-state index in [1.807, 2.05) is 0 Å². The second-order valence-electron chi connectivity index (χ2n) is 2.74. The van der Waals surface area contributed by atoms with E-state index in [9.17, 15) is 0 Å². The second kappa shape index (κ2) is 4.16. The van der Waals surface area contributed by atoms with Gasteiger partial charge in [0.1, 0.15) is 10.8 Å². The fraction of sp³-hybridized carbons (Fsp3) is 0.125. The predicted molar refractivity (Wildman–Crippen MR) is 58.0 cm³/mol. The van der Waals surface area contributed by atoms with Crippen LogP contribution in [-0.2, 0) is 7.05 Å². The molecule has 2 heterocycles. The molecule has 0 atom stereocenters. The molecule has 0 saturated heterocycles. The van der Waals surface area contributed by atoms with Gasteiger partial charge in [-0.2, -0.15) is 5.10 Å². The van der Waals surface area contributed by atoms with Crippen LogP contribution < -0.4 is 4.74 Å². The third-order valence-electron chi connectivity index (χ3n) is 1.61. The average molecular weight is 290 g/mol. The Labute approximate surface area is 99.2 Å². The van der Waals surface area contributed by atoms with Gasteiger partial charge in [-0.15, -0.1) is 0 Å². The minimum atomic E-state index is 0.309. The molecule has 0 aliphatic carbocycles. The van der Waals surface area contributed by atoms with Crippen molar-refractivity contribution >= 4 is 27.5 Å². The van der Waals surface area contributed by atoms with Crippen molar-refractivity contribution in [3.63, 3.8) is 0 Å². The molecule has 0 aliphatic heterocycles. The summed E-state index contributed by atoms with van der Waals surface area (Å²) in [4.78, 5) is 7.73. The van der Waals surface area contributed by atoms with Crippen molar-refractivity contribution in [1.82, 2.24) is 19.7 Å². The molecule has 78 valence electrons. The molecule has 0 amide bonds. The molecule has 7 heteroatoms. The Bertz CT molecular complexity index is 487. The first-order valence-corrected chi connectivity index (χ1v) is 5.16. The lowest BCUT2D eigenvalue weighted by Gasteiger charge is -2.03. The van der Waals surface area contributed by atoms with E-state index in [0.717, 1.165) is 0 Å². The summed E-state index contributed by atoms with van der Waals surface area (Å²) in [7, 11) is 1.80. The molecule has 0 unspecified atom stereocenters. The highest BCUT2D eigenvalue weighted by Crippen LogP contribution is 2.30. The van der Waals surface area contributed by atoms with E-state index in [1.165, 1.54) is 6.33 Å². The normalized spacial score (nSPS) is 10.3. The first-order valence-electron chi connectivity index (χ1n) is 3.99. The monoisotopic (exact) mass is 288 g/mol. The van der Waals surface area contributed by atoms with Crippen LogP contribution in [0.3, 0.4) is 0 Å². The van der Waals surface area contributed by atoms with E-state index in [2.05, 4.69) is 31.0 Å². The number of nitrogens with zero attached hydrogens (tertiary/aromatic N) is 4. The molecule has 0 spiro atoms. The van der Waals surface area contributed by atoms with E-state index in [-0.39, 0.29) is 0 Å². The first-order chi connectivity index (χ1) is 7.16. The Balaban J connectivity index is 2.28. The number of halogens is 2. The standard InChI is InChI=1S/C8H6BrClN4O/c1-14-3-5(2-13-14)15-8-6(9)7(10)11-4-12-8/h2-4H,1H3. The summed E-state index contributed by atoms with van der Waals surface area (Å²) >= 11 is 9.02. The van der Waals surface area contributed by atoms with Crippen LogP contribution in [0.1, 0.15) is 0 Å². The van der Waals surface area contributed by atoms with Crippen LogP contribution in [0.15, 0.2) is 23.2 Å². The smallest absolute Gasteiger partial charge is 0.238 e. The second-order valence-corrected chi connectivity index (χ2v) is 3.89. The Hall–Kier alpha value is -1.14. The van der Waals surface area contributed by atoms with Crippen LogP contribution in [0, 0.1) is 0 Å². The van der Waals surface area contributed by atoms with Gasteiger partial charge < -0.3 is 4.74 Å². The minimum Gasteiger partial charge on any atom is -0.434 e. The maximum atomic E-state index is 5.79. The molecule has 15 heavy (non-hydrogen) atoms. The molecule has 0 bridgehead atoms. The van der Waals surface area contributed by atoms with E-state index < -0.39 is 0 Å². The Morgan fingerprint density at radius 3 is 2.93 bits per heavy atom. The zero-order chi connectivity index (χ0) is 10.8. The van der Waals surface area contributed by atoms with Crippen LogP contribution >= 0.6 is 27.5 Å². The quantitative estimate of drug-likeness (QED) is 0.797. The van der Waals surface area contributed by atoms with Crippen LogP contribution in [0.2, 0.25) is 5.15 Å². The molecule has 0 aliphatic rings. The van der Waals surface area contributed by atoms with E-state index >= 15 is 0 Å². The molecule has 2 aromatic heterocycles. The molecule has 0 N–H and O–H groups in total. The minimum absolute atomic E-state index is 0.309. The van der Waals surface area contributed by atoms with Gasteiger partial charge in [-0.05, 0) is 15.9 Å². The number of hydrogen-bond donors (Lipinski definition) is 0. The molecular formula is C8H6BrClN4O.